The number of hydrogen-bond acceptors (Lipinski definition) is 5. The van der Waals surface area contributed by atoms with Crippen LogP contribution < -0.4 is 9.46 Å². The molecule has 1 aromatic heterocycles. The average molecular weight is 454 g/mol. The van der Waals surface area contributed by atoms with Gasteiger partial charge in [-0.05, 0) is 29.8 Å². The topological polar surface area (TPSA) is 97.0 Å². The largest absolute Gasteiger partial charge is 0.494 e. The molecule has 0 aliphatic carbocycles. The van der Waals surface area contributed by atoms with Gasteiger partial charge in [-0.15, -0.1) is 0 Å². The van der Waals surface area contributed by atoms with E-state index in [2.05, 4.69) is 5.10 Å². The third-order valence-corrected chi connectivity index (χ3v) is 5.52. The van der Waals surface area contributed by atoms with Gasteiger partial charge in [-0.2, -0.15) is 23.5 Å². The summed E-state index contributed by atoms with van der Waals surface area (Å²) in [6.45, 7) is -0.812. The van der Waals surface area contributed by atoms with Gasteiger partial charge in [-0.1, -0.05) is 24.3 Å². The Hall–Kier alpha value is -3.59. The van der Waals surface area contributed by atoms with Crippen molar-refractivity contribution >= 4 is 15.8 Å². The number of nitrogens with one attached hydrogen (secondary N) is 1. The second kappa shape index (κ2) is 8.27. The Labute approximate surface area is 174 Å². The highest BCUT2D eigenvalue weighted by Crippen LogP contribution is 2.42. The third kappa shape index (κ3) is 4.46. The predicted octanol–water partition coefficient (Wildman–Crippen LogP) is 4.04. The van der Waals surface area contributed by atoms with Crippen LogP contribution in [0.4, 0.5) is 23.4 Å². The Morgan fingerprint density at radius 1 is 1.19 bits per heavy atom. The molecule has 0 aliphatic rings. The maximum absolute atomic E-state index is 14.2. The number of benzene rings is 2. The van der Waals surface area contributed by atoms with E-state index >= 15 is 0 Å². The van der Waals surface area contributed by atoms with Crippen LogP contribution in [0.2, 0.25) is 0 Å². The summed E-state index contributed by atoms with van der Waals surface area (Å²) < 4.78 is 88.3. The number of ether oxygens (including phenoxy) is 1. The molecule has 3 aromatic rings. The summed E-state index contributed by atoms with van der Waals surface area (Å²) in [5.74, 6) is -1.87. The van der Waals surface area contributed by atoms with Gasteiger partial charge in [0.05, 0.1) is 23.6 Å². The summed E-state index contributed by atoms with van der Waals surface area (Å²) in [5.41, 5.74) is -2.42. The fraction of sp³-hybridized carbons (Fsp3) is 0.158. The second-order valence-electron chi connectivity index (χ2n) is 6.15. The number of rotatable bonds is 6. The van der Waals surface area contributed by atoms with Crippen LogP contribution in [0.15, 0.2) is 53.4 Å². The maximum Gasteiger partial charge on any atom is 0.433 e. The Bertz CT molecular complexity index is 1250. The van der Waals surface area contributed by atoms with E-state index < -0.39 is 45.6 Å². The van der Waals surface area contributed by atoms with Gasteiger partial charge in [0.15, 0.2) is 23.1 Å². The number of methoxy groups -OCH3 is 1. The summed E-state index contributed by atoms with van der Waals surface area (Å²) in [5, 5.41) is 12.6. The fourth-order valence-corrected chi connectivity index (χ4v) is 3.91. The number of sulfonamides is 1. The Kier molecular flexibility index (Phi) is 5.90. The van der Waals surface area contributed by atoms with Gasteiger partial charge in [-0.25, -0.2) is 17.5 Å². The first-order valence-electron chi connectivity index (χ1n) is 8.55. The molecule has 0 atom stereocenters. The number of hydrogen-bond donors (Lipinski definition) is 1. The van der Waals surface area contributed by atoms with Crippen LogP contribution in [-0.4, -0.2) is 25.3 Å². The van der Waals surface area contributed by atoms with E-state index in [-0.39, 0.29) is 16.2 Å². The van der Waals surface area contributed by atoms with Crippen LogP contribution in [-0.2, 0) is 22.7 Å². The van der Waals surface area contributed by atoms with Crippen molar-refractivity contribution in [3.63, 3.8) is 0 Å². The molecule has 3 rings (SSSR count). The molecule has 12 heteroatoms. The molecule has 0 bridgehead atoms. The van der Waals surface area contributed by atoms with Gasteiger partial charge >= 0.3 is 6.18 Å². The first-order chi connectivity index (χ1) is 14.6. The standard InChI is InChI=1S/C19H14F4N4O3S/c1-30-15-8-7-12(11-14(15)20)16-17(19(21,22)23)27(10-9-24)25-18(16)26-31(28,29)13-5-3-2-4-6-13/h2-8,11H,10H2,1H3,(H,25,26). The van der Waals surface area contributed by atoms with E-state index in [0.29, 0.717) is 4.68 Å². The van der Waals surface area contributed by atoms with Crippen molar-refractivity contribution in [2.45, 2.75) is 17.6 Å². The minimum atomic E-state index is -5.02. The average Bonchev–Trinajstić information content (AvgIpc) is 3.06. The maximum atomic E-state index is 14.2. The van der Waals surface area contributed by atoms with Crippen LogP contribution in [0.25, 0.3) is 11.1 Å². The summed E-state index contributed by atoms with van der Waals surface area (Å²) in [6.07, 6.45) is -5.02. The van der Waals surface area contributed by atoms with Gasteiger partial charge < -0.3 is 4.74 Å². The zero-order valence-corrected chi connectivity index (χ0v) is 16.6. The van der Waals surface area contributed by atoms with Crippen molar-refractivity contribution in [3.8, 4) is 22.9 Å². The number of nitrogens with zero attached hydrogens (tertiary/aromatic N) is 3. The van der Waals surface area contributed by atoms with Crippen LogP contribution >= 0.6 is 0 Å². The highest BCUT2D eigenvalue weighted by Gasteiger charge is 2.41. The van der Waals surface area contributed by atoms with Gasteiger partial charge in [-0.3, -0.25) is 4.72 Å². The van der Waals surface area contributed by atoms with Crippen molar-refractivity contribution in [1.82, 2.24) is 9.78 Å². The summed E-state index contributed by atoms with van der Waals surface area (Å²) in [4.78, 5) is -0.217. The monoisotopic (exact) mass is 454 g/mol. The molecular weight excluding hydrogens is 440 g/mol. The lowest BCUT2D eigenvalue weighted by Crippen LogP contribution is -2.15. The Balaban J connectivity index is 2.26. The van der Waals surface area contributed by atoms with Crippen LogP contribution in [0.1, 0.15) is 5.69 Å². The quantitative estimate of drug-likeness (QED) is 0.567. The lowest BCUT2D eigenvalue weighted by molar-refractivity contribution is -0.143. The lowest BCUT2D eigenvalue weighted by Gasteiger charge is -2.13. The first kappa shape index (κ1) is 22.1. The van der Waals surface area contributed by atoms with Crippen molar-refractivity contribution in [3.05, 3.63) is 60.0 Å². The second-order valence-corrected chi connectivity index (χ2v) is 7.84. The van der Waals surface area contributed by atoms with E-state index in [0.717, 1.165) is 18.2 Å². The van der Waals surface area contributed by atoms with Crippen molar-refractivity contribution in [2.75, 3.05) is 11.8 Å². The van der Waals surface area contributed by atoms with Crippen LogP contribution in [0.5, 0.6) is 5.75 Å². The van der Waals surface area contributed by atoms with Crippen LogP contribution in [0.3, 0.4) is 0 Å². The molecule has 0 radical (unpaired) electrons. The summed E-state index contributed by atoms with van der Waals surface area (Å²) >= 11 is 0. The zero-order chi connectivity index (χ0) is 22.8. The van der Waals surface area contributed by atoms with E-state index in [1.165, 1.54) is 31.4 Å². The van der Waals surface area contributed by atoms with E-state index in [9.17, 15) is 26.0 Å². The predicted molar refractivity (Wildman–Crippen MR) is 102 cm³/mol. The van der Waals surface area contributed by atoms with E-state index in [1.807, 2.05) is 4.72 Å². The number of halogens is 4. The normalized spacial score (nSPS) is 11.7. The van der Waals surface area contributed by atoms with Crippen molar-refractivity contribution in [2.24, 2.45) is 0 Å². The molecule has 0 saturated heterocycles. The Morgan fingerprint density at radius 3 is 2.42 bits per heavy atom. The molecule has 31 heavy (non-hydrogen) atoms. The molecule has 0 fully saturated rings. The third-order valence-electron chi connectivity index (χ3n) is 4.17. The highest BCUT2D eigenvalue weighted by molar-refractivity contribution is 7.92. The van der Waals surface area contributed by atoms with Gasteiger partial charge in [0.2, 0.25) is 0 Å². The molecule has 1 heterocycles. The molecule has 0 unspecified atom stereocenters. The lowest BCUT2D eigenvalue weighted by atomic mass is 10.0. The van der Waals surface area contributed by atoms with Gasteiger partial charge in [0.25, 0.3) is 10.0 Å². The molecule has 2 aromatic carbocycles. The SMILES string of the molecule is COc1ccc(-c2c(NS(=O)(=O)c3ccccc3)nn(CC#N)c2C(F)(F)F)cc1F. The molecule has 162 valence electrons. The van der Waals surface area contributed by atoms with Crippen molar-refractivity contribution < 1.29 is 30.7 Å². The zero-order valence-electron chi connectivity index (χ0n) is 15.8. The molecule has 0 spiro atoms. The van der Waals surface area contributed by atoms with E-state index in [4.69, 9.17) is 10.00 Å². The first-order valence-corrected chi connectivity index (χ1v) is 10.0. The van der Waals surface area contributed by atoms with E-state index in [1.54, 1.807) is 12.1 Å². The summed E-state index contributed by atoms with van der Waals surface area (Å²) in [7, 11) is -3.14. The van der Waals surface area contributed by atoms with Gasteiger partial charge in [0, 0.05) is 0 Å². The molecule has 0 amide bonds. The number of nitriles is 1. The number of aromatic nitrogens is 2. The molecule has 1 N–H and O–H groups in total. The van der Waals surface area contributed by atoms with Crippen LogP contribution in [0, 0.1) is 17.1 Å². The molecular formula is C19H14F4N4O3S. The number of anilines is 1. The minimum Gasteiger partial charge on any atom is -0.494 e. The van der Waals surface area contributed by atoms with Gasteiger partial charge in [0.1, 0.15) is 6.54 Å². The molecule has 0 saturated carbocycles. The van der Waals surface area contributed by atoms with Crippen molar-refractivity contribution in [1.29, 1.82) is 5.26 Å². The minimum absolute atomic E-state index is 0.215. The smallest absolute Gasteiger partial charge is 0.433 e. The molecule has 7 nitrogen and oxygen atoms in total. The fourth-order valence-electron chi connectivity index (χ4n) is 2.88. The highest BCUT2D eigenvalue weighted by atomic mass is 32.2. The summed E-state index contributed by atoms with van der Waals surface area (Å²) in [6, 6.07) is 11.5. The molecule has 0 aliphatic heterocycles. The number of alkyl halides is 3. The Morgan fingerprint density at radius 2 is 1.87 bits per heavy atom.